The summed E-state index contributed by atoms with van der Waals surface area (Å²) >= 11 is 19.1. The van der Waals surface area contributed by atoms with Crippen LogP contribution in [0.4, 0.5) is 17.5 Å². The second-order valence-corrected chi connectivity index (χ2v) is 8.74. The van der Waals surface area contributed by atoms with Gasteiger partial charge in [-0.05, 0) is 30.9 Å². The lowest BCUT2D eigenvalue weighted by molar-refractivity contribution is 0.605. The largest absolute Gasteiger partial charge is 0.382 e. The van der Waals surface area contributed by atoms with Crippen molar-refractivity contribution >= 4 is 63.2 Å². The van der Waals surface area contributed by atoms with Crippen LogP contribution >= 0.6 is 34.8 Å². The van der Waals surface area contributed by atoms with Crippen molar-refractivity contribution in [3.8, 4) is 5.82 Å². The van der Waals surface area contributed by atoms with E-state index in [0.717, 1.165) is 12.8 Å². The summed E-state index contributed by atoms with van der Waals surface area (Å²) in [6, 6.07) is 2.68. The van der Waals surface area contributed by atoms with Gasteiger partial charge in [-0.25, -0.2) is 29.5 Å². The SMILES string of the molecule is Nc1cnc(-n2c(C(Nc3ncnc(N)c3Cl)C3CC3)nc3c(Cl)ccc(Cl)c3c2=O)cn1. The number of anilines is 3. The zero-order valence-electron chi connectivity index (χ0n) is 16.8. The Morgan fingerprint density at radius 2 is 1.79 bits per heavy atom. The highest BCUT2D eigenvalue weighted by Gasteiger charge is 2.37. The van der Waals surface area contributed by atoms with Crippen LogP contribution in [0.25, 0.3) is 16.7 Å². The molecule has 1 aromatic carbocycles. The molecule has 1 atom stereocenters. The Balaban J connectivity index is 1.78. The van der Waals surface area contributed by atoms with E-state index in [-0.39, 0.29) is 44.3 Å². The standard InChI is InChI=1S/C20H16Cl3N9O/c21-9-3-4-10(22)16-13(9)20(33)32(12-6-26-11(24)5-27-12)19(31-16)15(8-1-2-8)30-18-14(23)17(25)28-7-29-18/h3-8,15H,1-2H2,(H2,24,26)(H3,25,28,29,30). The molecular weight excluding hydrogens is 489 g/mol. The fourth-order valence-corrected chi connectivity index (χ4v) is 4.15. The number of hydrogen-bond acceptors (Lipinski definition) is 9. The van der Waals surface area contributed by atoms with Crippen molar-refractivity contribution in [1.82, 2.24) is 29.5 Å². The number of nitrogen functional groups attached to an aromatic ring is 2. The van der Waals surface area contributed by atoms with E-state index in [1.54, 1.807) is 12.1 Å². The second kappa shape index (κ2) is 8.29. The molecule has 0 spiro atoms. The lowest BCUT2D eigenvalue weighted by Crippen LogP contribution is -2.30. The summed E-state index contributed by atoms with van der Waals surface area (Å²) in [7, 11) is 0. The molecule has 168 valence electrons. The third-order valence-electron chi connectivity index (χ3n) is 5.32. The maximum atomic E-state index is 13.7. The molecule has 13 heteroatoms. The summed E-state index contributed by atoms with van der Waals surface area (Å²) in [6.07, 6.45) is 5.86. The maximum absolute atomic E-state index is 13.7. The Morgan fingerprint density at radius 3 is 2.48 bits per heavy atom. The maximum Gasteiger partial charge on any atom is 0.268 e. The Labute approximate surface area is 202 Å². The lowest BCUT2D eigenvalue weighted by Gasteiger charge is -2.23. The Kier molecular flexibility index (Phi) is 5.43. The van der Waals surface area contributed by atoms with Gasteiger partial charge in [0.1, 0.15) is 28.8 Å². The Bertz CT molecular complexity index is 1440. The minimum atomic E-state index is -0.469. The lowest BCUT2D eigenvalue weighted by atomic mass is 10.1. The highest BCUT2D eigenvalue weighted by molar-refractivity contribution is 6.39. The minimum Gasteiger partial charge on any atom is -0.382 e. The van der Waals surface area contributed by atoms with Gasteiger partial charge in [-0.15, -0.1) is 0 Å². The molecule has 3 aromatic heterocycles. The molecular formula is C20H16Cl3N9O. The van der Waals surface area contributed by atoms with E-state index in [2.05, 4.69) is 25.3 Å². The number of rotatable bonds is 5. The van der Waals surface area contributed by atoms with Crippen LogP contribution in [0.1, 0.15) is 24.7 Å². The molecule has 33 heavy (non-hydrogen) atoms. The number of halogens is 3. The summed E-state index contributed by atoms with van der Waals surface area (Å²) in [5.41, 5.74) is 11.4. The van der Waals surface area contributed by atoms with Crippen molar-refractivity contribution in [2.45, 2.75) is 18.9 Å². The average molecular weight is 505 g/mol. The van der Waals surface area contributed by atoms with Crippen LogP contribution in [0.5, 0.6) is 0 Å². The monoisotopic (exact) mass is 503 g/mol. The smallest absolute Gasteiger partial charge is 0.268 e. The predicted molar refractivity (Wildman–Crippen MR) is 128 cm³/mol. The molecule has 5 rings (SSSR count). The van der Waals surface area contributed by atoms with Gasteiger partial charge >= 0.3 is 0 Å². The van der Waals surface area contributed by atoms with Crippen molar-refractivity contribution in [2.75, 3.05) is 16.8 Å². The van der Waals surface area contributed by atoms with Crippen molar-refractivity contribution in [3.05, 3.63) is 62.1 Å². The van der Waals surface area contributed by atoms with Crippen LogP contribution in [-0.4, -0.2) is 29.5 Å². The first-order valence-corrected chi connectivity index (χ1v) is 11.0. The van der Waals surface area contributed by atoms with Crippen LogP contribution in [0.3, 0.4) is 0 Å². The first kappa shape index (κ1) is 21.6. The molecule has 1 fully saturated rings. The zero-order valence-corrected chi connectivity index (χ0v) is 19.1. The molecule has 0 saturated heterocycles. The summed E-state index contributed by atoms with van der Waals surface area (Å²) in [5, 5.41) is 4.14. The van der Waals surface area contributed by atoms with Gasteiger partial charge in [0, 0.05) is 0 Å². The number of nitrogens with zero attached hydrogens (tertiary/aromatic N) is 6. The van der Waals surface area contributed by atoms with Gasteiger partial charge in [-0.3, -0.25) is 4.79 Å². The molecule has 4 aromatic rings. The van der Waals surface area contributed by atoms with E-state index in [1.807, 2.05) is 0 Å². The van der Waals surface area contributed by atoms with Gasteiger partial charge in [0.2, 0.25) is 0 Å². The summed E-state index contributed by atoms with van der Waals surface area (Å²) in [4.78, 5) is 34.9. The number of benzene rings is 1. The second-order valence-electron chi connectivity index (χ2n) is 7.54. The summed E-state index contributed by atoms with van der Waals surface area (Å²) in [5.74, 6) is 1.40. The first-order chi connectivity index (χ1) is 15.8. The number of fused-ring (bicyclic) bond motifs is 1. The van der Waals surface area contributed by atoms with Crippen LogP contribution in [0, 0.1) is 5.92 Å². The van der Waals surface area contributed by atoms with Gasteiger partial charge in [0.25, 0.3) is 5.56 Å². The van der Waals surface area contributed by atoms with E-state index < -0.39 is 11.6 Å². The van der Waals surface area contributed by atoms with E-state index >= 15 is 0 Å². The molecule has 5 N–H and O–H groups in total. The van der Waals surface area contributed by atoms with Gasteiger partial charge in [0.05, 0.1) is 39.4 Å². The molecule has 10 nitrogen and oxygen atoms in total. The number of nitrogens with one attached hydrogen (secondary N) is 1. The van der Waals surface area contributed by atoms with Crippen molar-refractivity contribution < 1.29 is 0 Å². The van der Waals surface area contributed by atoms with Crippen LogP contribution < -0.4 is 22.3 Å². The fourth-order valence-electron chi connectivity index (χ4n) is 3.57. The summed E-state index contributed by atoms with van der Waals surface area (Å²) in [6.45, 7) is 0. The van der Waals surface area contributed by atoms with E-state index in [4.69, 9.17) is 51.3 Å². The van der Waals surface area contributed by atoms with E-state index in [1.165, 1.54) is 23.3 Å². The molecule has 1 unspecified atom stereocenters. The molecule has 0 bridgehead atoms. The highest BCUT2D eigenvalue weighted by atomic mass is 35.5. The molecule has 0 amide bonds. The Hall–Kier alpha value is -3.21. The van der Waals surface area contributed by atoms with Crippen molar-refractivity contribution in [3.63, 3.8) is 0 Å². The van der Waals surface area contributed by atoms with Crippen LogP contribution in [0.15, 0.2) is 35.6 Å². The number of nitrogens with two attached hydrogens (primary N) is 2. The molecule has 0 radical (unpaired) electrons. The van der Waals surface area contributed by atoms with E-state index in [0.29, 0.717) is 16.7 Å². The van der Waals surface area contributed by atoms with Crippen molar-refractivity contribution in [1.29, 1.82) is 0 Å². The third kappa shape index (κ3) is 3.90. The molecule has 0 aliphatic heterocycles. The van der Waals surface area contributed by atoms with Gasteiger partial charge in [0.15, 0.2) is 11.6 Å². The summed E-state index contributed by atoms with van der Waals surface area (Å²) < 4.78 is 1.35. The first-order valence-electron chi connectivity index (χ1n) is 9.86. The minimum absolute atomic E-state index is 0.131. The van der Waals surface area contributed by atoms with Crippen LogP contribution in [-0.2, 0) is 0 Å². The fraction of sp³-hybridized carbons (Fsp3) is 0.200. The quantitative estimate of drug-likeness (QED) is 0.370. The van der Waals surface area contributed by atoms with Crippen molar-refractivity contribution in [2.24, 2.45) is 5.92 Å². The molecule has 1 saturated carbocycles. The molecule has 1 aliphatic rings. The molecule has 3 heterocycles. The topological polar surface area (TPSA) is 151 Å². The molecule has 1 aliphatic carbocycles. The van der Waals surface area contributed by atoms with Gasteiger partial charge < -0.3 is 16.8 Å². The zero-order chi connectivity index (χ0) is 23.3. The number of aromatic nitrogens is 6. The average Bonchev–Trinajstić information content (AvgIpc) is 3.63. The van der Waals surface area contributed by atoms with Crippen LogP contribution in [0.2, 0.25) is 15.1 Å². The normalized spacial score (nSPS) is 14.4. The third-order valence-corrected chi connectivity index (χ3v) is 6.31. The number of hydrogen-bond donors (Lipinski definition) is 3. The highest BCUT2D eigenvalue weighted by Crippen LogP contribution is 2.44. The predicted octanol–water partition coefficient (Wildman–Crippen LogP) is 3.65. The Morgan fingerprint density at radius 1 is 1.03 bits per heavy atom. The van der Waals surface area contributed by atoms with Gasteiger partial charge in [-0.2, -0.15) is 0 Å². The van der Waals surface area contributed by atoms with E-state index in [9.17, 15) is 4.79 Å². The van der Waals surface area contributed by atoms with Gasteiger partial charge in [-0.1, -0.05) is 34.8 Å².